The largest absolute Gasteiger partial charge is 0.472 e. The molecular formula is C19H19BrN4O2. The van der Waals surface area contributed by atoms with E-state index in [1.807, 2.05) is 6.07 Å². The van der Waals surface area contributed by atoms with Crippen LogP contribution in [0.5, 0.6) is 0 Å². The van der Waals surface area contributed by atoms with Crippen molar-refractivity contribution >= 4 is 21.8 Å². The van der Waals surface area contributed by atoms with E-state index in [1.165, 1.54) is 0 Å². The zero-order valence-corrected chi connectivity index (χ0v) is 15.6. The first-order valence-corrected chi connectivity index (χ1v) is 9.49. The molecular weight excluding hydrogens is 396 g/mol. The van der Waals surface area contributed by atoms with Gasteiger partial charge in [0.05, 0.1) is 29.7 Å². The lowest BCUT2D eigenvalue weighted by atomic mass is 9.77. The van der Waals surface area contributed by atoms with Gasteiger partial charge in [0.1, 0.15) is 6.07 Å². The molecule has 1 aromatic heterocycles. The minimum atomic E-state index is -0.142. The molecule has 26 heavy (non-hydrogen) atoms. The summed E-state index contributed by atoms with van der Waals surface area (Å²) in [6, 6.07) is 9.93. The van der Waals surface area contributed by atoms with E-state index in [9.17, 15) is 4.79 Å². The number of hydrazine groups is 1. The van der Waals surface area contributed by atoms with Gasteiger partial charge in [0.15, 0.2) is 0 Å². The molecule has 2 aliphatic rings. The zero-order valence-electron chi connectivity index (χ0n) is 14.0. The number of carbonyl (C=O) groups is 1. The normalized spacial score (nSPS) is 27.5. The molecule has 3 N–H and O–H groups in total. The van der Waals surface area contributed by atoms with Crippen LogP contribution in [0.25, 0.3) is 0 Å². The second-order valence-electron chi connectivity index (χ2n) is 6.86. The number of hydrogen-bond donors (Lipinski definition) is 3. The van der Waals surface area contributed by atoms with Crippen molar-refractivity contribution in [2.45, 2.75) is 37.4 Å². The minimum Gasteiger partial charge on any atom is -0.472 e. The van der Waals surface area contributed by atoms with Gasteiger partial charge in [-0.15, -0.1) is 0 Å². The summed E-state index contributed by atoms with van der Waals surface area (Å²) in [6.07, 6.45) is 6.27. The van der Waals surface area contributed by atoms with Crippen molar-refractivity contribution in [1.29, 1.82) is 5.26 Å². The van der Waals surface area contributed by atoms with Crippen molar-refractivity contribution in [2.24, 2.45) is 5.92 Å². The zero-order chi connectivity index (χ0) is 18.1. The highest BCUT2D eigenvalue weighted by atomic mass is 79.9. The molecule has 1 aromatic carbocycles. The van der Waals surface area contributed by atoms with Gasteiger partial charge in [0, 0.05) is 22.1 Å². The molecule has 0 spiro atoms. The monoisotopic (exact) mass is 414 g/mol. The first-order chi connectivity index (χ1) is 12.7. The maximum Gasteiger partial charge on any atom is 0.252 e. The highest BCUT2D eigenvalue weighted by Gasteiger charge is 2.41. The van der Waals surface area contributed by atoms with Crippen molar-refractivity contribution in [3.05, 3.63) is 58.0 Å². The van der Waals surface area contributed by atoms with Gasteiger partial charge in [0.2, 0.25) is 0 Å². The van der Waals surface area contributed by atoms with Gasteiger partial charge < -0.3 is 9.73 Å². The Balaban J connectivity index is 1.46. The second kappa shape index (κ2) is 7.23. The van der Waals surface area contributed by atoms with Crippen LogP contribution in [0.1, 0.15) is 46.8 Å². The first kappa shape index (κ1) is 17.3. The molecule has 4 rings (SSSR count). The smallest absolute Gasteiger partial charge is 0.252 e. The molecule has 7 heteroatoms. The van der Waals surface area contributed by atoms with E-state index in [2.05, 4.69) is 38.2 Å². The van der Waals surface area contributed by atoms with E-state index in [1.54, 1.807) is 30.7 Å². The average molecular weight is 415 g/mol. The Morgan fingerprint density at radius 3 is 2.96 bits per heavy atom. The number of halogens is 1. The lowest BCUT2D eigenvalue weighted by Crippen LogP contribution is -2.44. The number of nitriles is 1. The number of carbonyl (C=O) groups excluding carboxylic acids is 1. The molecule has 4 atom stereocenters. The predicted octanol–water partition coefficient (Wildman–Crippen LogP) is 3.03. The van der Waals surface area contributed by atoms with Crippen molar-refractivity contribution < 1.29 is 9.21 Å². The fourth-order valence-electron chi connectivity index (χ4n) is 4.03. The number of fused-ring (bicyclic) bond motifs is 1. The summed E-state index contributed by atoms with van der Waals surface area (Å²) in [5, 5.41) is 12.3. The van der Waals surface area contributed by atoms with Gasteiger partial charge in [-0.1, -0.05) is 6.07 Å². The Morgan fingerprint density at radius 2 is 2.19 bits per heavy atom. The summed E-state index contributed by atoms with van der Waals surface area (Å²) in [7, 11) is 0. The molecule has 2 aromatic rings. The lowest BCUT2D eigenvalue weighted by molar-refractivity contribution is 0.0914. The standard InChI is InChI=1S/C19H19BrN4O2/c20-17-11(9-21)2-1-3-14(17)19(25)22-13-4-5-16-15(8-13)18(24-23-16)12-6-7-26-10-12/h1-3,6-7,10,13,15-16,18,23-24H,4-5,8H2,(H,22,25). The van der Waals surface area contributed by atoms with E-state index >= 15 is 0 Å². The van der Waals surface area contributed by atoms with Crippen molar-refractivity contribution in [3.8, 4) is 6.07 Å². The lowest BCUT2D eigenvalue weighted by Gasteiger charge is -2.33. The summed E-state index contributed by atoms with van der Waals surface area (Å²) >= 11 is 3.37. The fourth-order valence-corrected chi connectivity index (χ4v) is 4.56. The SMILES string of the molecule is N#Cc1cccc(C(=O)NC2CCC3NNC(c4ccoc4)C3C2)c1Br. The van der Waals surface area contributed by atoms with Gasteiger partial charge in [-0.3, -0.25) is 10.2 Å². The van der Waals surface area contributed by atoms with Crippen molar-refractivity contribution in [1.82, 2.24) is 16.2 Å². The van der Waals surface area contributed by atoms with Crippen LogP contribution in [-0.2, 0) is 0 Å². The Labute approximate surface area is 160 Å². The quantitative estimate of drug-likeness (QED) is 0.717. The van der Waals surface area contributed by atoms with E-state index < -0.39 is 0 Å². The molecule has 1 saturated heterocycles. The number of nitrogens with one attached hydrogen (secondary N) is 3. The molecule has 0 radical (unpaired) electrons. The molecule has 1 saturated carbocycles. The maximum absolute atomic E-state index is 12.7. The number of furan rings is 1. The van der Waals surface area contributed by atoms with Crippen LogP contribution in [0.2, 0.25) is 0 Å². The van der Waals surface area contributed by atoms with Crippen LogP contribution in [0, 0.1) is 17.2 Å². The Morgan fingerprint density at radius 1 is 1.31 bits per heavy atom. The molecule has 1 amide bonds. The van der Waals surface area contributed by atoms with Gasteiger partial charge >= 0.3 is 0 Å². The first-order valence-electron chi connectivity index (χ1n) is 8.70. The summed E-state index contributed by atoms with van der Waals surface area (Å²) in [5.74, 6) is 0.247. The predicted molar refractivity (Wildman–Crippen MR) is 99.0 cm³/mol. The fraction of sp³-hybridized carbons (Fsp3) is 0.368. The molecule has 6 nitrogen and oxygen atoms in total. The summed E-state index contributed by atoms with van der Waals surface area (Å²) in [6.45, 7) is 0. The summed E-state index contributed by atoms with van der Waals surface area (Å²) in [4.78, 5) is 12.7. The number of benzene rings is 1. The van der Waals surface area contributed by atoms with Gasteiger partial charge in [0.25, 0.3) is 5.91 Å². The molecule has 2 heterocycles. The molecule has 1 aliphatic heterocycles. The highest BCUT2D eigenvalue weighted by Crippen LogP contribution is 2.38. The topological polar surface area (TPSA) is 90.1 Å². The van der Waals surface area contributed by atoms with Gasteiger partial charge in [-0.05, 0) is 59.3 Å². The molecule has 4 unspecified atom stereocenters. The summed E-state index contributed by atoms with van der Waals surface area (Å²) < 4.78 is 5.77. The minimum absolute atomic E-state index is 0.109. The Bertz CT molecular complexity index is 846. The van der Waals surface area contributed by atoms with E-state index in [-0.39, 0.29) is 18.0 Å². The van der Waals surface area contributed by atoms with Crippen molar-refractivity contribution in [3.63, 3.8) is 0 Å². The van der Waals surface area contributed by atoms with E-state index in [4.69, 9.17) is 9.68 Å². The number of hydrogen-bond acceptors (Lipinski definition) is 5. The number of amides is 1. The Kier molecular flexibility index (Phi) is 4.81. The van der Waals surface area contributed by atoms with Gasteiger partial charge in [-0.2, -0.15) is 5.26 Å². The van der Waals surface area contributed by atoms with E-state index in [0.717, 1.165) is 24.8 Å². The van der Waals surface area contributed by atoms with E-state index in [0.29, 0.717) is 27.6 Å². The molecule has 134 valence electrons. The number of rotatable bonds is 3. The average Bonchev–Trinajstić information content (AvgIpc) is 3.30. The maximum atomic E-state index is 12.7. The van der Waals surface area contributed by atoms with Crippen molar-refractivity contribution in [2.75, 3.05) is 0 Å². The van der Waals surface area contributed by atoms with Crippen LogP contribution in [0.15, 0.2) is 45.7 Å². The second-order valence-corrected chi connectivity index (χ2v) is 7.65. The molecule has 0 bridgehead atoms. The molecule has 2 fully saturated rings. The third-order valence-electron chi connectivity index (χ3n) is 5.35. The number of nitrogens with zero attached hydrogens (tertiary/aromatic N) is 1. The third kappa shape index (κ3) is 3.16. The van der Waals surface area contributed by atoms with Crippen LogP contribution >= 0.6 is 15.9 Å². The molecule has 1 aliphatic carbocycles. The Hall–Kier alpha value is -2.14. The highest BCUT2D eigenvalue weighted by molar-refractivity contribution is 9.10. The van der Waals surface area contributed by atoms with Crippen LogP contribution in [0.4, 0.5) is 0 Å². The van der Waals surface area contributed by atoms with Crippen LogP contribution in [0.3, 0.4) is 0 Å². The van der Waals surface area contributed by atoms with Crippen LogP contribution < -0.4 is 16.2 Å². The van der Waals surface area contributed by atoms with Crippen LogP contribution in [-0.4, -0.2) is 18.0 Å². The van der Waals surface area contributed by atoms with Gasteiger partial charge in [-0.25, -0.2) is 5.43 Å². The third-order valence-corrected chi connectivity index (χ3v) is 6.21. The summed E-state index contributed by atoms with van der Waals surface area (Å²) in [5.41, 5.74) is 8.83.